The molecule has 0 saturated carbocycles. The van der Waals surface area contributed by atoms with E-state index in [-0.39, 0.29) is 11.8 Å². The first kappa shape index (κ1) is 23.6. The Hall–Kier alpha value is -4.10. The number of fused-ring (bicyclic) bond motifs is 1. The van der Waals surface area contributed by atoms with Crippen LogP contribution in [-0.4, -0.2) is 28.4 Å². The van der Waals surface area contributed by atoms with Crippen LogP contribution in [0.5, 0.6) is 0 Å². The van der Waals surface area contributed by atoms with E-state index in [1.807, 2.05) is 99.7 Å². The summed E-state index contributed by atoms with van der Waals surface area (Å²) in [5.74, 6) is 0.512. The Morgan fingerprint density at radius 2 is 1.81 bits per heavy atom. The van der Waals surface area contributed by atoms with Gasteiger partial charge in [0.2, 0.25) is 5.91 Å². The number of amides is 1. The van der Waals surface area contributed by atoms with Crippen molar-refractivity contribution in [3.8, 4) is 11.3 Å². The molecule has 36 heavy (non-hydrogen) atoms. The SMILES string of the molecule is Bc1cnn2c(NCc3cccc(NC(=O)C(C)c4ccccc4)c3)cc(-c3ccccc3Cl)nc12. The molecule has 0 aliphatic heterocycles. The van der Waals surface area contributed by atoms with Crippen molar-refractivity contribution in [3.63, 3.8) is 0 Å². The minimum Gasteiger partial charge on any atom is -0.366 e. The van der Waals surface area contributed by atoms with Gasteiger partial charge in [-0.25, -0.2) is 4.98 Å². The fourth-order valence-corrected chi connectivity index (χ4v) is 4.33. The second-order valence-corrected chi connectivity index (χ2v) is 9.15. The first-order chi connectivity index (χ1) is 17.5. The van der Waals surface area contributed by atoms with Gasteiger partial charge >= 0.3 is 0 Å². The third kappa shape index (κ3) is 4.97. The number of halogens is 1. The molecule has 0 fully saturated rings. The highest BCUT2D eigenvalue weighted by molar-refractivity contribution is 6.36. The van der Waals surface area contributed by atoms with Gasteiger partial charge in [-0.15, -0.1) is 0 Å². The van der Waals surface area contributed by atoms with E-state index in [0.717, 1.165) is 45.0 Å². The van der Waals surface area contributed by atoms with Crippen LogP contribution >= 0.6 is 11.6 Å². The number of benzene rings is 3. The Labute approximate surface area is 215 Å². The number of hydrogen-bond acceptors (Lipinski definition) is 4. The predicted molar refractivity (Wildman–Crippen MR) is 149 cm³/mol. The molecule has 0 spiro atoms. The summed E-state index contributed by atoms with van der Waals surface area (Å²) in [7, 11) is 1.98. The van der Waals surface area contributed by atoms with E-state index in [4.69, 9.17) is 16.6 Å². The maximum atomic E-state index is 12.8. The van der Waals surface area contributed by atoms with Crippen LogP contribution < -0.4 is 16.1 Å². The maximum Gasteiger partial charge on any atom is 0.231 e. The molecule has 5 rings (SSSR count). The average molecular weight is 494 g/mol. The molecular weight excluding hydrogens is 469 g/mol. The average Bonchev–Trinajstić information content (AvgIpc) is 3.28. The highest BCUT2D eigenvalue weighted by Gasteiger charge is 2.16. The number of nitrogens with zero attached hydrogens (tertiary/aromatic N) is 3. The van der Waals surface area contributed by atoms with Crippen LogP contribution in [0.1, 0.15) is 24.0 Å². The van der Waals surface area contributed by atoms with Gasteiger partial charge in [0, 0.05) is 35.1 Å². The van der Waals surface area contributed by atoms with Gasteiger partial charge in [-0.2, -0.15) is 9.61 Å². The molecule has 0 aliphatic carbocycles. The molecule has 2 heterocycles. The molecule has 178 valence electrons. The second-order valence-electron chi connectivity index (χ2n) is 8.75. The van der Waals surface area contributed by atoms with Crippen LogP contribution in [0.25, 0.3) is 16.9 Å². The zero-order valence-electron chi connectivity index (χ0n) is 20.1. The lowest BCUT2D eigenvalue weighted by Crippen LogP contribution is -2.19. The molecule has 1 atom stereocenters. The van der Waals surface area contributed by atoms with E-state index in [1.165, 1.54) is 0 Å². The van der Waals surface area contributed by atoms with Gasteiger partial charge in [-0.3, -0.25) is 4.79 Å². The molecule has 0 radical (unpaired) electrons. The van der Waals surface area contributed by atoms with Crippen LogP contribution in [0.2, 0.25) is 5.02 Å². The van der Waals surface area contributed by atoms with Gasteiger partial charge in [0.25, 0.3) is 0 Å². The fourth-order valence-electron chi connectivity index (χ4n) is 4.10. The van der Waals surface area contributed by atoms with Crippen molar-refractivity contribution < 1.29 is 4.79 Å². The molecular formula is C28H25BClN5O. The highest BCUT2D eigenvalue weighted by Crippen LogP contribution is 2.28. The quantitative estimate of drug-likeness (QED) is 0.323. The Balaban J connectivity index is 1.36. The van der Waals surface area contributed by atoms with Crippen LogP contribution in [-0.2, 0) is 11.3 Å². The molecule has 2 N–H and O–H groups in total. The molecule has 8 heteroatoms. The smallest absolute Gasteiger partial charge is 0.231 e. The summed E-state index contributed by atoms with van der Waals surface area (Å²) < 4.78 is 1.79. The molecule has 5 aromatic rings. The van der Waals surface area contributed by atoms with E-state index in [0.29, 0.717) is 11.6 Å². The van der Waals surface area contributed by atoms with E-state index >= 15 is 0 Å². The second kappa shape index (κ2) is 10.3. The Kier molecular flexibility index (Phi) is 6.74. The van der Waals surface area contributed by atoms with Crippen molar-refractivity contribution in [1.29, 1.82) is 0 Å². The standard InChI is InChI=1S/C28H25BClN5O/c1-18(20-9-3-2-4-10-20)28(36)33-21-11-7-8-19(14-21)16-31-26-15-25(22-12-5-6-13-24(22)30)34-27-23(29)17-32-35(26)27/h2-15,17-18,31H,16,29H2,1H3,(H,33,36). The van der Waals surface area contributed by atoms with Gasteiger partial charge < -0.3 is 10.6 Å². The van der Waals surface area contributed by atoms with E-state index in [9.17, 15) is 4.79 Å². The summed E-state index contributed by atoms with van der Waals surface area (Å²) in [4.78, 5) is 17.6. The Bertz CT molecular complexity index is 1540. The van der Waals surface area contributed by atoms with Crippen molar-refractivity contribution in [1.82, 2.24) is 14.6 Å². The normalized spacial score (nSPS) is 11.8. The number of hydrogen-bond donors (Lipinski definition) is 2. The summed E-state index contributed by atoms with van der Waals surface area (Å²) in [5.41, 5.74) is 6.15. The molecule has 6 nitrogen and oxygen atoms in total. The van der Waals surface area contributed by atoms with Crippen molar-refractivity contribution in [2.45, 2.75) is 19.4 Å². The van der Waals surface area contributed by atoms with Crippen molar-refractivity contribution in [2.75, 3.05) is 10.6 Å². The zero-order chi connectivity index (χ0) is 25.1. The lowest BCUT2D eigenvalue weighted by Gasteiger charge is -2.14. The highest BCUT2D eigenvalue weighted by atomic mass is 35.5. The van der Waals surface area contributed by atoms with Gasteiger partial charge in [0.1, 0.15) is 13.7 Å². The molecule has 0 aliphatic rings. The number of carbonyl (C=O) groups is 1. The monoisotopic (exact) mass is 493 g/mol. The van der Waals surface area contributed by atoms with Gasteiger partial charge in [0.15, 0.2) is 5.65 Å². The first-order valence-corrected chi connectivity index (χ1v) is 12.2. The Morgan fingerprint density at radius 1 is 1.03 bits per heavy atom. The molecule has 2 aromatic heterocycles. The van der Waals surface area contributed by atoms with Gasteiger partial charge in [-0.1, -0.05) is 72.3 Å². The summed E-state index contributed by atoms with van der Waals surface area (Å²) in [6.45, 7) is 2.45. The lowest BCUT2D eigenvalue weighted by atomic mass is 10.0. The summed E-state index contributed by atoms with van der Waals surface area (Å²) in [6.07, 6.45) is 1.80. The minimum atomic E-state index is -0.246. The zero-order valence-corrected chi connectivity index (χ0v) is 20.8. The van der Waals surface area contributed by atoms with E-state index < -0.39 is 0 Å². The molecule has 1 unspecified atom stereocenters. The van der Waals surface area contributed by atoms with Crippen LogP contribution in [0.15, 0.2) is 91.1 Å². The molecule has 0 saturated heterocycles. The molecule has 0 bridgehead atoms. The summed E-state index contributed by atoms with van der Waals surface area (Å²) in [6, 6.07) is 27.2. The first-order valence-electron chi connectivity index (χ1n) is 11.8. The van der Waals surface area contributed by atoms with Crippen LogP contribution in [0.3, 0.4) is 0 Å². The minimum absolute atomic E-state index is 0.0430. The van der Waals surface area contributed by atoms with E-state index in [1.54, 1.807) is 10.7 Å². The summed E-state index contributed by atoms with van der Waals surface area (Å²) >= 11 is 6.45. The number of nitrogens with one attached hydrogen (secondary N) is 2. The number of carbonyl (C=O) groups excluding carboxylic acids is 1. The largest absolute Gasteiger partial charge is 0.366 e. The molecule has 3 aromatic carbocycles. The van der Waals surface area contributed by atoms with Crippen molar-refractivity contribution in [2.24, 2.45) is 0 Å². The predicted octanol–water partition coefficient (Wildman–Crippen LogP) is 4.66. The third-order valence-electron chi connectivity index (χ3n) is 6.16. The van der Waals surface area contributed by atoms with Crippen molar-refractivity contribution >= 4 is 48.0 Å². The third-order valence-corrected chi connectivity index (χ3v) is 6.49. The fraction of sp³-hybridized carbons (Fsp3) is 0.107. The summed E-state index contributed by atoms with van der Waals surface area (Å²) in [5, 5.41) is 11.7. The Morgan fingerprint density at radius 3 is 2.61 bits per heavy atom. The maximum absolute atomic E-state index is 12.8. The van der Waals surface area contributed by atoms with Gasteiger partial charge in [-0.05, 0) is 41.7 Å². The van der Waals surface area contributed by atoms with E-state index in [2.05, 4.69) is 15.7 Å². The number of anilines is 2. The number of rotatable bonds is 7. The van der Waals surface area contributed by atoms with Crippen molar-refractivity contribution in [3.05, 3.63) is 107 Å². The lowest BCUT2D eigenvalue weighted by molar-refractivity contribution is -0.117. The topological polar surface area (TPSA) is 71.3 Å². The molecule has 1 amide bonds. The number of aromatic nitrogens is 3. The van der Waals surface area contributed by atoms with Gasteiger partial charge in [0.05, 0.1) is 11.6 Å². The van der Waals surface area contributed by atoms with Crippen LogP contribution in [0.4, 0.5) is 11.5 Å². The van der Waals surface area contributed by atoms with Crippen LogP contribution in [0, 0.1) is 0 Å².